The number of hydrogen-bond acceptors (Lipinski definition) is 3. The van der Waals surface area contributed by atoms with Crippen molar-refractivity contribution in [3.63, 3.8) is 0 Å². The normalized spacial score (nSPS) is 10.2. The number of carbonyl (C=O) groups is 1. The Balaban J connectivity index is 3.04. The van der Waals surface area contributed by atoms with Crippen LogP contribution < -0.4 is 5.73 Å². The first-order valence-corrected chi connectivity index (χ1v) is 3.46. The van der Waals surface area contributed by atoms with Gasteiger partial charge in [-0.05, 0) is 0 Å². The number of amides is 1. The lowest BCUT2D eigenvalue weighted by Gasteiger charge is -1.99. The average molecular weight is 169 g/mol. The molecule has 0 aliphatic heterocycles. The zero-order valence-electron chi connectivity index (χ0n) is 7.07. The standard InChI is InChI=1S/C7H11N3O2/c1-10-6(7(8)11)5(3-9-10)4-12-2/h3H,4H2,1-2H3,(H2,8,11). The largest absolute Gasteiger partial charge is 0.380 e. The predicted octanol–water partition coefficient (Wildman–Crippen LogP) is -0.335. The van der Waals surface area contributed by atoms with E-state index < -0.39 is 5.91 Å². The van der Waals surface area contributed by atoms with Gasteiger partial charge in [-0.1, -0.05) is 0 Å². The smallest absolute Gasteiger partial charge is 0.267 e. The molecule has 0 aromatic carbocycles. The van der Waals surface area contributed by atoms with Crippen molar-refractivity contribution < 1.29 is 9.53 Å². The molecule has 1 amide bonds. The van der Waals surface area contributed by atoms with Crippen LogP contribution in [0.5, 0.6) is 0 Å². The van der Waals surface area contributed by atoms with Gasteiger partial charge in [0.25, 0.3) is 5.91 Å². The highest BCUT2D eigenvalue weighted by molar-refractivity contribution is 5.92. The summed E-state index contributed by atoms with van der Waals surface area (Å²) in [5.41, 5.74) is 6.25. The van der Waals surface area contributed by atoms with Gasteiger partial charge in [-0.25, -0.2) is 0 Å². The maximum absolute atomic E-state index is 10.9. The molecule has 0 saturated heterocycles. The minimum Gasteiger partial charge on any atom is -0.380 e. The van der Waals surface area contributed by atoms with E-state index >= 15 is 0 Å². The number of aryl methyl sites for hydroxylation is 1. The Bertz CT molecular complexity index is 293. The Kier molecular flexibility index (Phi) is 2.44. The van der Waals surface area contributed by atoms with E-state index in [9.17, 15) is 4.79 Å². The fourth-order valence-corrected chi connectivity index (χ4v) is 1.06. The van der Waals surface area contributed by atoms with Crippen LogP contribution in [0.1, 0.15) is 16.1 Å². The Morgan fingerprint density at radius 1 is 1.83 bits per heavy atom. The average Bonchev–Trinajstić information content (AvgIpc) is 2.32. The lowest BCUT2D eigenvalue weighted by molar-refractivity contribution is 0.0986. The van der Waals surface area contributed by atoms with Crippen LogP contribution in [0.25, 0.3) is 0 Å². The van der Waals surface area contributed by atoms with Crippen LogP contribution in [-0.4, -0.2) is 22.8 Å². The quantitative estimate of drug-likeness (QED) is 0.673. The Morgan fingerprint density at radius 3 is 3.00 bits per heavy atom. The maximum atomic E-state index is 10.9. The SMILES string of the molecule is COCc1cnn(C)c1C(N)=O. The number of primary amides is 1. The van der Waals surface area contributed by atoms with Crippen molar-refractivity contribution in [3.05, 3.63) is 17.5 Å². The number of rotatable bonds is 3. The summed E-state index contributed by atoms with van der Waals surface area (Å²) in [5.74, 6) is -0.484. The number of carbonyl (C=O) groups excluding carboxylic acids is 1. The summed E-state index contributed by atoms with van der Waals surface area (Å²) >= 11 is 0. The van der Waals surface area contributed by atoms with Crippen molar-refractivity contribution in [1.82, 2.24) is 9.78 Å². The first-order valence-electron chi connectivity index (χ1n) is 3.46. The molecule has 2 N–H and O–H groups in total. The molecule has 12 heavy (non-hydrogen) atoms. The number of aromatic nitrogens is 2. The highest BCUT2D eigenvalue weighted by Gasteiger charge is 2.12. The third-order valence-electron chi connectivity index (χ3n) is 1.55. The van der Waals surface area contributed by atoms with Gasteiger partial charge in [0.2, 0.25) is 0 Å². The molecule has 0 radical (unpaired) electrons. The minimum absolute atomic E-state index is 0.353. The molecule has 66 valence electrons. The van der Waals surface area contributed by atoms with E-state index in [1.54, 1.807) is 20.4 Å². The lowest BCUT2D eigenvalue weighted by atomic mass is 10.2. The Morgan fingerprint density at radius 2 is 2.50 bits per heavy atom. The van der Waals surface area contributed by atoms with E-state index in [4.69, 9.17) is 10.5 Å². The van der Waals surface area contributed by atoms with E-state index in [1.165, 1.54) is 4.68 Å². The second-order valence-corrected chi connectivity index (χ2v) is 2.44. The lowest BCUT2D eigenvalue weighted by Crippen LogP contribution is -2.17. The molecule has 1 aromatic heterocycles. The Hall–Kier alpha value is -1.36. The molecular formula is C7H11N3O2. The fraction of sp³-hybridized carbons (Fsp3) is 0.429. The highest BCUT2D eigenvalue weighted by atomic mass is 16.5. The van der Waals surface area contributed by atoms with Crippen molar-refractivity contribution >= 4 is 5.91 Å². The van der Waals surface area contributed by atoms with Crippen LogP contribution in [0, 0.1) is 0 Å². The summed E-state index contributed by atoms with van der Waals surface area (Å²) in [7, 11) is 3.22. The van der Waals surface area contributed by atoms with Gasteiger partial charge in [0.05, 0.1) is 12.8 Å². The van der Waals surface area contributed by atoms with Crippen molar-refractivity contribution in [2.45, 2.75) is 6.61 Å². The molecule has 5 heteroatoms. The Labute approximate surface area is 70.1 Å². The molecule has 0 saturated carbocycles. The molecule has 0 bridgehead atoms. The summed E-state index contributed by atoms with van der Waals surface area (Å²) in [6, 6.07) is 0. The van der Waals surface area contributed by atoms with Crippen molar-refractivity contribution in [2.75, 3.05) is 7.11 Å². The molecule has 0 aliphatic carbocycles. The van der Waals surface area contributed by atoms with Crippen LogP contribution in [0.2, 0.25) is 0 Å². The first kappa shape index (κ1) is 8.73. The summed E-state index contributed by atoms with van der Waals surface area (Å²) in [6.45, 7) is 0.353. The van der Waals surface area contributed by atoms with E-state index in [0.717, 1.165) is 0 Å². The van der Waals surface area contributed by atoms with Gasteiger partial charge in [-0.2, -0.15) is 5.10 Å². The maximum Gasteiger partial charge on any atom is 0.267 e. The first-order chi connectivity index (χ1) is 5.66. The summed E-state index contributed by atoms with van der Waals surface area (Å²) in [5, 5.41) is 3.89. The molecule has 1 heterocycles. The van der Waals surface area contributed by atoms with Crippen LogP contribution in [-0.2, 0) is 18.4 Å². The van der Waals surface area contributed by atoms with Gasteiger partial charge in [0.15, 0.2) is 0 Å². The molecule has 0 spiro atoms. The molecular weight excluding hydrogens is 158 g/mol. The van der Waals surface area contributed by atoms with Crippen LogP contribution in [0.3, 0.4) is 0 Å². The second-order valence-electron chi connectivity index (χ2n) is 2.44. The van der Waals surface area contributed by atoms with E-state index in [-0.39, 0.29) is 0 Å². The monoisotopic (exact) mass is 169 g/mol. The van der Waals surface area contributed by atoms with Gasteiger partial charge >= 0.3 is 0 Å². The number of nitrogens with zero attached hydrogens (tertiary/aromatic N) is 2. The van der Waals surface area contributed by atoms with Gasteiger partial charge in [-0.15, -0.1) is 0 Å². The molecule has 0 atom stereocenters. The molecule has 0 aliphatic rings. The van der Waals surface area contributed by atoms with E-state index in [0.29, 0.717) is 17.9 Å². The third kappa shape index (κ3) is 1.45. The zero-order valence-corrected chi connectivity index (χ0v) is 7.07. The molecule has 5 nitrogen and oxygen atoms in total. The molecule has 0 fully saturated rings. The van der Waals surface area contributed by atoms with Crippen LogP contribution in [0.4, 0.5) is 0 Å². The molecule has 1 aromatic rings. The molecule has 0 unspecified atom stereocenters. The highest BCUT2D eigenvalue weighted by Crippen LogP contribution is 2.07. The van der Waals surface area contributed by atoms with E-state index in [1.807, 2.05) is 0 Å². The topological polar surface area (TPSA) is 70.1 Å². The second kappa shape index (κ2) is 3.36. The van der Waals surface area contributed by atoms with Crippen molar-refractivity contribution in [3.8, 4) is 0 Å². The van der Waals surface area contributed by atoms with E-state index in [2.05, 4.69) is 5.10 Å². The number of hydrogen-bond donors (Lipinski definition) is 1. The fourth-order valence-electron chi connectivity index (χ4n) is 1.06. The number of methoxy groups -OCH3 is 1. The summed E-state index contributed by atoms with van der Waals surface area (Å²) < 4.78 is 6.31. The third-order valence-corrected chi connectivity index (χ3v) is 1.55. The van der Waals surface area contributed by atoms with Crippen LogP contribution in [0.15, 0.2) is 6.20 Å². The van der Waals surface area contributed by atoms with Gasteiger partial charge < -0.3 is 10.5 Å². The number of ether oxygens (including phenoxy) is 1. The molecule has 1 rings (SSSR count). The minimum atomic E-state index is -0.484. The summed E-state index contributed by atoms with van der Waals surface area (Å²) in [4.78, 5) is 10.9. The zero-order chi connectivity index (χ0) is 9.14. The van der Waals surface area contributed by atoms with Crippen LogP contribution >= 0.6 is 0 Å². The summed E-state index contributed by atoms with van der Waals surface area (Å²) in [6.07, 6.45) is 1.57. The predicted molar refractivity (Wildman–Crippen MR) is 42.4 cm³/mol. The van der Waals surface area contributed by atoms with Gasteiger partial charge in [0.1, 0.15) is 5.69 Å². The number of nitrogens with two attached hydrogens (primary N) is 1. The van der Waals surface area contributed by atoms with Crippen molar-refractivity contribution in [2.24, 2.45) is 12.8 Å². The van der Waals surface area contributed by atoms with Gasteiger partial charge in [-0.3, -0.25) is 9.48 Å². The van der Waals surface area contributed by atoms with Gasteiger partial charge in [0, 0.05) is 19.7 Å². The van der Waals surface area contributed by atoms with Crippen molar-refractivity contribution in [1.29, 1.82) is 0 Å².